The quantitative estimate of drug-likeness (QED) is 0.0199. The maximum absolute atomic E-state index is 12.8. The molecule has 1 atom stereocenters. The smallest absolute Gasteiger partial charge is 0.306 e. The lowest BCUT2D eigenvalue weighted by atomic mass is 10.1. The average Bonchev–Trinajstić information content (AvgIpc) is 3.31. The summed E-state index contributed by atoms with van der Waals surface area (Å²) >= 11 is 0. The van der Waals surface area contributed by atoms with Gasteiger partial charge in [0, 0.05) is 19.3 Å². The Labute approximate surface area is 403 Å². The molecule has 0 aromatic carbocycles. The van der Waals surface area contributed by atoms with Gasteiger partial charge in [0.2, 0.25) is 0 Å². The van der Waals surface area contributed by atoms with E-state index in [9.17, 15) is 14.4 Å². The van der Waals surface area contributed by atoms with Crippen LogP contribution in [0.25, 0.3) is 0 Å². The summed E-state index contributed by atoms with van der Waals surface area (Å²) in [5, 5.41) is 0. The first kappa shape index (κ1) is 61.0. The lowest BCUT2D eigenvalue weighted by Crippen LogP contribution is -2.30. The van der Waals surface area contributed by atoms with E-state index in [1.54, 1.807) is 0 Å². The molecule has 0 aliphatic carbocycles. The molecule has 0 bridgehead atoms. The van der Waals surface area contributed by atoms with Crippen LogP contribution in [-0.4, -0.2) is 37.2 Å². The molecule has 0 aliphatic heterocycles. The van der Waals surface area contributed by atoms with Crippen molar-refractivity contribution in [3.63, 3.8) is 0 Å². The van der Waals surface area contributed by atoms with E-state index in [0.29, 0.717) is 19.3 Å². The lowest BCUT2D eigenvalue weighted by molar-refractivity contribution is -0.166. The molecular weight excluding hydrogens is 817 g/mol. The molecule has 6 nitrogen and oxygen atoms in total. The third kappa shape index (κ3) is 50.0. The topological polar surface area (TPSA) is 78.9 Å². The number of unbranched alkanes of at least 4 members (excludes halogenated alkanes) is 11. The number of ether oxygens (including phenoxy) is 3. The van der Waals surface area contributed by atoms with Crippen LogP contribution in [0.5, 0.6) is 0 Å². The Morgan fingerprint density at radius 3 is 1.23 bits per heavy atom. The highest BCUT2D eigenvalue weighted by molar-refractivity contribution is 5.71. The van der Waals surface area contributed by atoms with Gasteiger partial charge in [-0.3, -0.25) is 14.4 Å². The Morgan fingerprint density at radius 1 is 0.333 bits per heavy atom. The Morgan fingerprint density at radius 2 is 0.712 bits per heavy atom. The standard InChI is InChI=1S/C60H90O6/c1-4-7-10-13-16-19-22-25-27-29-30-31-33-35-38-41-44-47-50-53-59(62)65-56-57(55-64-58(61)52-49-46-43-40-37-34-24-21-18-15-12-9-6-3)66-60(63)54-51-48-45-42-39-36-32-28-26-23-20-17-14-11-8-5-2/h7,9-10,12,15-16,18-19,21,24-25,27-28,30-32,34-40,43-44,47,57H,4-6,8,11,13-14,17,20,22-23,26,29,33,41-42,45-46,48-56H2,1-3H3/b10-7-,12-9-,18-15-,19-16-,24-21-,27-25-,31-30-,32-28-,37-34-,38-35-,39-36-,43-40-,47-44-. The van der Waals surface area contributed by atoms with Crippen LogP contribution in [0.4, 0.5) is 0 Å². The van der Waals surface area contributed by atoms with Crippen molar-refractivity contribution in [2.45, 2.75) is 187 Å². The van der Waals surface area contributed by atoms with E-state index in [2.05, 4.69) is 112 Å². The van der Waals surface area contributed by atoms with Gasteiger partial charge in [0.05, 0.1) is 0 Å². The van der Waals surface area contributed by atoms with Crippen LogP contribution in [-0.2, 0) is 28.6 Å². The summed E-state index contributed by atoms with van der Waals surface area (Å²) in [7, 11) is 0. The zero-order valence-electron chi connectivity index (χ0n) is 41.6. The van der Waals surface area contributed by atoms with Crippen molar-refractivity contribution in [2.75, 3.05) is 13.2 Å². The SMILES string of the molecule is CC\C=C/C=C\C=C/C=C\C=C/CCCC(=O)OCC(COC(=O)CC/C=C\C/C=C\C/C=C\C/C=C\C/C=C\C/C=C\CC)OC(=O)CCCCC/C=C\C=C/CCCCCCCCC. The van der Waals surface area contributed by atoms with E-state index in [1.165, 1.54) is 44.9 Å². The minimum absolute atomic E-state index is 0.157. The highest BCUT2D eigenvalue weighted by Crippen LogP contribution is 2.11. The molecule has 366 valence electrons. The summed E-state index contributed by atoms with van der Waals surface area (Å²) < 4.78 is 16.6. The molecule has 0 amide bonds. The lowest BCUT2D eigenvalue weighted by Gasteiger charge is -2.18. The van der Waals surface area contributed by atoms with Crippen molar-refractivity contribution < 1.29 is 28.6 Å². The molecule has 0 aliphatic rings. The van der Waals surface area contributed by atoms with Crippen LogP contribution in [0.15, 0.2) is 158 Å². The van der Waals surface area contributed by atoms with Crippen LogP contribution in [0.1, 0.15) is 181 Å². The Hall–Kier alpha value is -4.97. The molecule has 0 fully saturated rings. The molecule has 0 aromatic heterocycles. The van der Waals surface area contributed by atoms with Gasteiger partial charge in [0.25, 0.3) is 0 Å². The van der Waals surface area contributed by atoms with Crippen LogP contribution < -0.4 is 0 Å². The highest BCUT2D eigenvalue weighted by atomic mass is 16.6. The van der Waals surface area contributed by atoms with Crippen molar-refractivity contribution in [1.82, 2.24) is 0 Å². The molecule has 0 rings (SSSR count). The normalized spacial score (nSPS) is 13.4. The van der Waals surface area contributed by atoms with Gasteiger partial charge in [-0.2, -0.15) is 0 Å². The number of carbonyl (C=O) groups excluding carboxylic acids is 3. The summed E-state index contributed by atoms with van der Waals surface area (Å²) in [6, 6.07) is 0. The van der Waals surface area contributed by atoms with Gasteiger partial charge < -0.3 is 14.2 Å². The van der Waals surface area contributed by atoms with Gasteiger partial charge in [-0.25, -0.2) is 0 Å². The molecular formula is C60H90O6. The maximum Gasteiger partial charge on any atom is 0.306 e. The van der Waals surface area contributed by atoms with Crippen LogP contribution in [0.2, 0.25) is 0 Å². The second-order valence-electron chi connectivity index (χ2n) is 16.1. The maximum atomic E-state index is 12.8. The molecule has 0 N–H and O–H groups in total. The van der Waals surface area contributed by atoms with Crippen molar-refractivity contribution in [3.8, 4) is 0 Å². The molecule has 0 spiro atoms. The van der Waals surface area contributed by atoms with Gasteiger partial charge in [0.15, 0.2) is 6.10 Å². The Bertz CT molecular complexity index is 1560. The largest absolute Gasteiger partial charge is 0.462 e. The molecule has 1 unspecified atom stereocenters. The van der Waals surface area contributed by atoms with E-state index in [4.69, 9.17) is 14.2 Å². The number of rotatable bonds is 43. The third-order valence-electron chi connectivity index (χ3n) is 9.92. The minimum atomic E-state index is -0.859. The van der Waals surface area contributed by atoms with Crippen LogP contribution in [0, 0.1) is 0 Å². The van der Waals surface area contributed by atoms with Crippen molar-refractivity contribution in [1.29, 1.82) is 0 Å². The number of hydrogen-bond donors (Lipinski definition) is 0. The van der Waals surface area contributed by atoms with Crippen LogP contribution >= 0.6 is 0 Å². The Kier molecular flexibility index (Phi) is 48.7. The zero-order valence-corrected chi connectivity index (χ0v) is 41.6. The van der Waals surface area contributed by atoms with E-state index in [0.717, 1.165) is 77.0 Å². The minimum Gasteiger partial charge on any atom is -0.462 e. The summed E-state index contributed by atoms with van der Waals surface area (Å²) in [6.07, 6.45) is 76.8. The first-order chi connectivity index (χ1) is 32.5. The van der Waals surface area contributed by atoms with Gasteiger partial charge in [0.1, 0.15) is 13.2 Å². The second kappa shape index (κ2) is 52.7. The van der Waals surface area contributed by atoms with E-state index in [-0.39, 0.29) is 50.4 Å². The van der Waals surface area contributed by atoms with Crippen molar-refractivity contribution in [3.05, 3.63) is 158 Å². The average molecular weight is 907 g/mol. The van der Waals surface area contributed by atoms with Crippen LogP contribution in [0.3, 0.4) is 0 Å². The predicted octanol–water partition coefficient (Wildman–Crippen LogP) is 17.0. The first-order valence-corrected chi connectivity index (χ1v) is 25.6. The van der Waals surface area contributed by atoms with Crippen molar-refractivity contribution >= 4 is 17.9 Å². The number of esters is 3. The summed E-state index contributed by atoms with van der Waals surface area (Å²) in [4.78, 5) is 37.9. The van der Waals surface area contributed by atoms with Gasteiger partial charge in [-0.1, -0.05) is 224 Å². The fraction of sp³-hybridized carbons (Fsp3) is 0.517. The van der Waals surface area contributed by atoms with Gasteiger partial charge >= 0.3 is 17.9 Å². The zero-order chi connectivity index (χ0) is 47.9. The second-order valence-corrected chi connectivity index (χ2v) is 16.1. The summed E-state index contributed by atoms with van der Waals surface area (Å²) in [5.74, 6) is -1.15. The third-order valence-corrected chi connectivity index (χ3v) is 9.92. The number of carbonyl (C=O) groups is 3. The monoisotopic (exact) mass is 907 g/mol. The molecule has 0 heterocycles. The molecule has 0 radical (unpaired) electrons. The van der Waals surface area contributed by atoms with Gasteiger partial charge in [-0.05, 0) is 96.3 Å². The molecule has 6 heteroatoms. The molecule has 66 heavy (non-hydrogen) atoms. The van der Waals surface area contributed by atoms with E-state index < -0.39 is 6.10 Å². The number of hydrogen-bond acceptors (Lipinski definition) is 6. The Balaban J connectivity index is 4.67. The molecule has 0 saturated heterocycles. The molecule has 0 saturated carbocycles. The fourth-order valence-corrected chi connectivity index (χ4v) is 6.13. The predicted molar refractivity (Wildman–Crippen MR) is 283 cm³/mol. The first-order valence-electron chi connectivity index (χ1n) is 25.6. The van der Waals surface area contributed by atoms with E-state index >= 15 is 0 Å². The summed E-state index contributed by atoms with van der Waals surface area (Å²) in [5.41, 5.74) is 0. The van der Waals surface area contributed by atoms with Crippen molar-refractivity contribution in [2.24, 2.45) is 0 Å². The van der Waals surface area contributed by atoms with E-state index in [1.807, 2.05) is 66.8 Å². The molecule has 0 aromatic rings. The summed E-state index contributed by atoms with van der Waals surface area (Å²) in [6.45, 7) is 6.19. The fourth-order valence-electron chi connectivity index (χ4n) is 6.13. The van der Waals surface area contributed by atoms with Gasteiger partial charge in [-0.15, -0.1) is 0 Å². The highest BCUT2D eigenvalue weighted by Gasteiger charge is 2.19. The number of allylic oxidation sites excluding steroid dienone is 26.